The van der Waals surface area contributed by atoms with E-state index in [0.717, 1.165) is 5.56 Å². The third-order valence-corrected chi connectivity index (χ3v) is 5.18. The Morgan fingerprint density at radius 1 is 1.00 bits per heavy atom. The van der Waals surface area contributed by atoms with Crippen LogP contribution in [0.5, 0.6) is 11.5 Å². The van der Waals surface area contributed by atoms with E-state index in [-0.39, 0.29) is 17.9 Å². The summed E-state index contributed by atoms with van der Waals surface area (Å²) < 4.78 is 24.7. The molecule has 0 N–H and O–H groups in total. The van der Waals surface area contributed by atoms with Crippen LogP contribution in [0.25, 0.3) is 0 Å². The number of halogens is 1. The molecule has 0 bridgehead atoms. The Morgan fingerprint density at radius 3 is 2.04 bits per heavy atom. The van der Waals surface area contributed by atoms with Gasteiger partial charge in [-0.05, 0) is 49.6 Å². The fourth-order valence-corrected chi connectivity index (χ4v) is 3.67. The van der Waals surface area contributed by atoms with E-state index in [1.54, 1.807) is 36.4 Å². The van der Waals surface area contributed by atoms with Gasteiger partial charge in [-0.25, -0.2) is 4.39 Å². The van der Waals surface area contributed by atoms with Gasteiger partial charge in [-0.1, -0.05) is 19.1 Å². The van der Waals surface area contributed by atoms with Crippen molar-refractivity contribution in [3.05, 3.63) is 58.7 Å². The van der Waals surface area contributed by atoms with E-state index in [0.29, 0.717) is 41.0 Å². The predicted octanol–water partition coefficient (Wildman–Crippen LogP) is 4.35. The van der Waals surface area contributed by atoms with Crippen molar-refractivity contribution in [3.8, 4) is 11.5 Å². The van der Waals surface area contributed by atoms with Crippen LogP contribution < -0.4 is 9.47 Å². The molecule has 0 spiro atoms. The maximum absolute atomic E-state index is 13.9. The summed E-state index contributed by atoms with van der Waals surface area (Å²) in [7, 11) is 3.00. The van der Waals surface area contributed by atoms with Crippen molar-refractivity contribution in [1.29, 1.82) is 0 Å². The molecule has 0 saturated heterocycles. The average molecular weight is 385 g/mol. The first-order chi connectivity index (χ1) is 13.4. The zero-order valence-electron chi connectivity index (χ0n) is 16.5. The van der Waals surface area contributed by atoms with Crippen LogP contribution in [0, 0.1) is 0 Å². The molecule has 0 saturated carbocycles. The summed E-state index contributed by atoms with van der Waals surface area (Å²) in [5.41, 5.74) is 2.01. The smallest absolute Gasteiger partial charge is 0.261 e. The van der Waals surface area contributed by atoms with Crippen molar-refractivity contribution in [2.45, 2.75) is 38.9 Å². The van der Waals surface area contributed by atoms with E-state index in [1.165, 1.54) is 26.0 Å². The number of nitrogens with zero attached hydrogens (tertiary/aromatic N) is 1. The highest BCUT2D eigenvalue weighted by atomic mass is 19.1. The number of rotatable bonds is 7. The highest BCUT2D eigenvalue weighted by Crippen LogP contribution is 2.36. The lowest BCUT2D eigenvalue weighted by Crippen LogP contribution is -2.40. The molecule has 148 valence electrons. The second kappa shape index (κ2) is 8.00. The highest BCUT2D eigenvalue weighted by molar-refractivity contribution is 6.21. The topological polar surface area (TPSA) is 55.8 Å². The molecule has 6 heteroatoms. The van der Waals surface area contributed by atoms with E-state index in [1.807, 2.05) is 6.92 Å². The molecule has 2 unspecified atom stereocenters. The van der Waals surface area contributed by atoms with Crippen molar-refractivity contribution in [1.82, 2.24) is 4.90 Å². The van der Waals surface area contributed by atoms with E-state index >= 15 is 0 Å². The lowest BCUT2D eigenvalue weighted by Gasteiger charge is -2.26. The zero-order chi connectivity index (χ0) is 20.4. The Labute approximate surface area is 164 Å². The number of hydrogen-bond acceptors (Lipinski definition) is 4. The monoisotopic (exact) mass is 385 g/mol. The van der Waals surface area contributed by atoms with Gasteiger partial charge in [-0.2, -0.15) is 0 Å². The van der Waals surface area contributed by atoms with E-state index in [2.05, 4.69) is 0 Å². The van der Waals surface area contributed by atoms with Crippen LogP contribution >= 0.6 is 0 Å². The van der Waals surface area contributed by atoms with Gasteiger partial charge in [0.25, 0.3) is 11.8 Å². The molecule has 2 aromatic carbocycles. The maximum Gasteiger partial charge on any atom is 0.261 e. The third kappa shape index (κ3) is 3.35. The molecule has 2 atom stereocenters. The van der Waals surface area contributed by atoms with Crippen LogP contribution in [0.15, 0.2) is 36.4 Å². The van der Waals surface area contributed by atoms with Crippen molar-refractivity contribution in [2.24, 2.45) is 0 Å². The van der Waals surface area contributed by atoms with Gasteiger partial charge in [-0.3, -0.25) is 14.5 Å². The number of benzene rings is 2. The van der Waals surface area contributed by atoms with Crippen LogP contribution in [-0.2, 0) is 6.42 Å². The molecule has 0 aromatic heterocycles. The fraction of sp³-hybridized carbons (Fsp3) is 0.364. The van der Waals surface area contributed by atoms with Crippen LogP contribution in [0.3, 0.4) is 0 Å². The molecular formula is C22H24FNO4. The predicted molar refractivity (Wildman–Crippen MR) is 104 cm³/mol. The van der Waals surface area contributed by atoms with Crippen molar-refractivity contribution >= 4 is 11.8 Å². The van der Waals surface area contributed by atoms with Crippen molar-refractivity contribution < 1.29 is 23.5 Å². The van der Waals surface area contributed by atoms with E-state index < -0.39 is 6.17 Å². The van der Waals surface area contributed by atoms with Gasteiger partial charge in [0.05, 0.1) is 25.3 Å². The molecule has 3 rings (SSSR count). The van der Waals surface area contributed by atoms with Crippen molar-refractivity contribution in [3.63, 3.8) is 0 Å². The molecular weight excluding hydrogens is 361 g/mol. The Morgan fingerprint density at radius 2 is 1.57 bits per heavy atom. The summed E-state index contributed by atoms with van der Waals surface area (Å²) in [5.74, 6) is 0.359. The van der Waals surface area contributed by atoms with Gasteiger partial charge in [0.2, 0.25) is 0 Å². The van der Waals surface area contributed by atoms with Gasteiger partial charge in [0, 0.05) is 11.6 Å². The molecule has 5 nitrogen and oxygen atoms in total. The minimum absolute atomic E-state index is 0.285. The summed E-state index contributed by atoms with van der Waals surface area (Å²) in [6.45, 7) is 3.36. The first-order valence-electron chi connectivity index (χ1n) is 9.28. The normalized spacial score (nSPS) is 15.4. The van der Waals surface area contributed by atoms with Gasteiger partial charge in [0.1, 0.15) is 17.7 Å². The SMILES string of the molecule is CCC(Cc1cc(OC)c(C(C)F)cc1OC)N1C(=O)c2ccccc2C1=O. The van der Waals surface area contributed by atoms with Gasteiger partial charge in [0.15, 0.2) is 0 Å². The molecule has 1 aliphatic rings. The quantitative estimate of drug-likeness (QED) is 0.665. The largest absolute Gasteiger partial charge is 0.496 e. The Kier molecular flexibility index (Phi) is 5.68. The number of carbonyl (C=O) groups is 2. The molecule has 0 radical (unpaired) electrons. The number of hydrogen-bond donors (Lipinski definition) is 0. The molecule has 0 aliphatic carbocycles. The summed E-state index contributed by atoms with van der Waals surface area (Å²) >= 11 is 0. The summed E-state index contributed by atoms with van der Waals surface area (Å²) in [5, 5.41) is 0. The number of ether oxygens (including phenoxy) is 2. The number of methoxy groups -OCH3 is 2. The van der Waals surface area contributed by atoms with Crippen LogP contribution in [0.2, 0.25) is 0 Å². The molecule has 28 heavy (non-hydrogen) atoms. The Bertz CT molecular complexity index is 874. The Hall–Kier alpha value is -2.89. The van der Waals surface area contributed by atoms with E-state index in [4.69, 9.17) is 9.47 Å². The summed E-state index contributed by atoms with van der Waals surface area (Å²) in [6.07, 6.45) is -0.239. The number of amides is 2. The Balaban J connectivity index is 1.96. The van der Waals surface area contributed by atoms with Crippen LogP contribution in [-0.4, -0.2) is 37.0 Å². The number of carbonyl (C=O) groups excluding carboxylic acids is 2. The molecule has 1 aliphatic heterocycles. The lowest BCUT2D eigenvalue weighted by atomic mass is 9.98. The first-order valence-corrected chi connectivity index (χ1v) is 9.28. The second-order valence-electron chi connectivity index (χ2n) is 6.81. The average Bonchev–Trinajstić information content (AvgIpc) is 2.96. The zero-order valence-corrected chi connectivity index (χ0v) is 16.5. The fourth-order valence-electron chi connectivity index (χ4n) is 3.67. The summed E-state index contributed by atoms with van der Waals surface area (Å²) in [6, 6.07) is 9.84. The number of imide groups is 1. The molecule has 2 aromatic rings. The number of alkyl halides is 1. The van der Waals surface area contributed by atoms with Gasteiger partial charge < -0.3 is 9.47 Å². The highest BCUT2D eigenvalue weighted by Gasteiger charge is 2.39. The standard InChI is InChI=1S/C22H24FNO4/c1-5-15(24-21(25)16-8-6-7-9-17(16)22(24)26)10-14-11-20(28-4)18(13(2)23)12-19(14)27-3/h6-9,11-13,15H,5,10H2,1-4H3. The minimum Gasteiger partial charge on any atom is -0.496 e. The lowest BCUT2D eigenvalue weighted by molar-refractivity contribution is 0.0579. The second-order valence-corrected chi connectivity index (χ2v) is 6.81. The van der Waals surface area contributed by atoms with Gasteiger partial charge in [-0.15, -0.1) is 0 Å². The van der Waals surface area contributed by atoms with Crippen molar-refractivity contribution in [2.75, 3.05) is 14.2 Å². The third-order valence-electron chi connectivity index (χ3n) is 5.18. The van der Waals surface area contributed by atoms with Crippen LogP contribution in [0.4, 0.5) is 4.39 Å². The molecule has 2 amide bonds. The molecule has 1 heterocycles. The van der Waals surface area contributed by atoms with E-state index in [9.17, 15) is 14.0 Å². The summed E-state index contributed by atoms with van der Waals surface area (Å²) in [4.78, 5) is 27.0. The number of fused-ring (bicyclic) bond motifs is 1. The minimum atomic E-state index is -1.21. The molecule has 0 fully saturated rings. The van der Waals surface area contributed by atoms with Crippen LogP contribution in [0.1, 0.15) is 58.3 Å². The first kappa shape index (κ1) is 19.9. The maximum atomic E-state index is 13.9. The van der Waals surface area contributed by atoms with Gasteiger partial charge >= 0.3 is 0 Å².